The van der Waals surface area contributed by atoms with Crippen LogP contribution >= 0.6 is 0 Å². The zero-order chi connectivity index (χ0) is 7.40. The quantitative estimate of drug-likeness (QED) is 0.447. The topological polar surface area (TPSA) is 122 Å². The van der Waals surface area contributed by atoms with E-state index >= 15 is 0 Å². The summed E-state index contributed by atoms with van der Waals surface area (Å²) in [4.78, 5) is 8.14. The van der Waals surface area contributed by atoms with Crippen LogP contribution in [0.25, 0.3) is 0 Å². The molecule has 0 amide bonds. The zero-order valence-corrected chi connectivity index (χ0v) is 4.76. The maximum atomic E-state index is 4.66. The maximum absolute atomic E-state index is 4.66. The van der Waals surface area contributed by atoms with Crippen molar-refractivity contribution in [3.63, 3.8) is 0 Å². The molecule has 8 heteroatoms. The van der Waals surface area contributed by atoms with E-state index in [0.29, 0.717) is 0 Å². The second kappa shape index (κ2) is 2.85. The second-order valence-corrected chi connectivity index (χ2v) is 1.20. The van der Waals surface area contributed by atoms with E-state index in [1.165, 1.54) is 0 Å². The lowest BCUT2D eigenvalue weighted by Crippen LogP contribution is -2.11. The van der Waals surface area contributed by atoms with Gasteiger partial charge in [0.05, 0.1) is 0 Å². The molecular formula is C2H4N6O2. The lowest BCUT2D eigenvalue weighted by molar-refractivity contribution is 0.265. The molecule has 0 aromatic carbocycles. The average molecular weight is 144 g/mol. The number of rotatable bonds is 2. The molecule has 0 atom stereocenters. The van der Waals surface area contributed by atoms with Crippen LogP contribution in [-0.4, -0.2) is 20.4 Å². The van der Waals surface area contributed by atoms with Crippen molar-refractivity contribution in [2.45, 2.75) is 0 Å². The minimum Gasteiger partial charge on any atom is -0.369 e. The molecule has 4 N–H and O–H groups in total. The van der Waals surface area contributed by atoms with Crippen molar-refractivity contribution in [2.24, 2.45) is 11.8 Å². The number of hydrogen-bond donors (Lipinski definition) is 2. The highest BCUT2D eigenvalue weighted by atomic mass is 16.6. The molecule has 1 aromatic rings. The highest BCUT2D eigenvalue weighted by Gasteiger charge is 1.98. The SMILES string of the molecule is NOc1nnc(ON)nn1. The van der Waals surface area contributed by atoms with Gasteiger partial charge in [-0.2, -0.15) is 11.8 Å². The molecule has 0 fully saturated rings. The van der Waals surface area contributed by atoms with Gasteiger partial charge in [-0.25, -0.2) is 0 Å². The van der Waals surface area contributed by atoms with Crippen LogP contribution in [0.2, 0.25) is 0 Å². The zero-order valence-electron chi connectivity index (χ0n) is 4.76. The van der Waals surface area contributed by atoms with Crippen LogP contribution in [0, 0.1) is 0 Å². The Bertz CT molecular complexity index is 174. The van der Waals surface area contributed by atoms with Gasteiger partial charge in [-0.3, -0.25) is 0 Å². The summed E-state index contributed by atoms with van der Waals surface area (Å²) >= 11 is 0. The Labute approximate surface area is 55.1 Å². The summed E-state index contributed by atoms with van der Waals surface area (Å²) in [7, 11) is 0. The van der Waals surface area contributed by atoms with Gasteiger partial charge in [0.1, 0.15) is 0 Å². The van der Waals surface area contributed by atoms with Crippen LogP contribution < -0.4 is 21.5 Å². The molecular weight excluding hydrogens is 140 g/mol. The fourth-order valence-electron chi connectivity index (χ4n) is 0.305. The van der Waals surface area contributed by atoms with Gasteiger partial charge in [-0.1, -0.05) is 20.4 Å². The van der Waals surface area contributed by atoms with Gasteiger partial charge in [-0.15, -0.1) is 0 Å². The lowest BCUT2D eigenvalue weighted by Gasteiger charge is -1.93. The molecule has 0 aliphatic carbocycles. The minimum absolute atomic E-state index is 0.152. The molecule has 0 aliphatic heterocycles. The molecule has 0 unspecified atom stereocenters. The summed E-state index contributed by atoms with van der Waals surface area (Å²) in [6, 6.07) is -0.304. The standard InChI is InChI=1S/C2H4N6O2/c3-9-1-5-7-2(10-4)8-6-1/h3-4H2. The molecule has 0 saturated carbocycles. The summed E-state index contributed by atoms with van der Waals surface area (Å²) in [6.45, 7) is 0. The van der Waals surface area contributed by atoms with E-state index in [2.05, 4.69) is 41.9 Å². The smallest absolute Gasteiger partial charge is 0.369 e. The van der Waals surface area contributed by atoms with Crippen LogP contribution in [0.5, 0.6) is 12.0 Å². The van der Waals surface area contributed by atoms with Gasteiger partial charge in [-0.05, 0) is 0 Å². The van der Waals surface area contributed by atoms with E-state index in [-0.39, 0.29) is 12.0 Å². The third-order valence-electron chi connectivity index (χ3n) is 0.653. The van der Waals surface area contributed by atoms with Crippen molar-refractivity contribution in [1.29, 1.82) is 0 Å². The molecule has 0 saturated heterocycles. The first kappa shape index (κ1) is 6.58. The molecule has 8 nitrogen and oxygen atoms in total. The average Bonchev–Trinajstić information content (AvgIpc) is 2.05. The molecule has 0 radical (unpaired) electrons. The van der Waals surface area contributed by atoms with Crippen LogP contribution in [0.3, 0.4) is 0 Å². The van der Waals surface area contributed by atoms with Gasteiger partial charge >= 0.3 is 12.0 Å². The Morgan fingerprint density at radius 1 is 0.800 bits per heavy atom. The first-order valence-electron chi connectivity index (χ1n) is 2.17. The summed E-state index contributed by atoms with van der Waals surface area (Å²) in [5, 5.41) is 13.2. The van der Waals surface area contributed by atoms with Gasteiger partial charge < -0.3 is 9.68 Å². The molecule has 1 heterocycles. The molecule has 0 spiro atoms. The Balaban J connectivity index is 2.80. The monoisotopic (exact) mass is 144 g/mol. The number of hydrogen-bond acceptors (Lipinski definition) is 8. The van der Waals surface area contributed by atoms with E-state index in [0.717, 1.165) is 0 Å². The summed E-state index contributed by atoms with van der Waals surface area (Å²) in [6.07, 6.45) is 0. The minimum atomic E-state index is -0.152. The van der Waals surface area contributed by atoms with E-state index in [9.17, 15) is 0 Å². The van der Waals surface area contributed by atoms with Crippen LogP contribution in [0.1, 0.15) is 0 Å². The van der Waals surface area contributed by atoms with Gasteiger partial charge in [0.15, 0.2) is 0 Å². The Kier molecular flexibility index (Phi) is 1.87. The Hall–Kier alpha value is -1.54. The normalized spacial score (nSPS) is 9.00. The fourth-order valence-corrected chi connectivity index (χ4v) is 0.305. The van der Waals surface area contributed by atoms with E-state index in [1.54, 1.807) is 0 Å². The van der Waals surface area contributed by atoms with Crippen molar-refractivity contribution in [1.82, 2.24) is 20.4 Å². The maximum Gasteiger partial charge on any atom is 0.374 e. The Morgan fingerprint density at radius 2 is 1.10 bits per heavy atom. The van der Waals surface area contributed by atoms with Gasteiger partial charge in [0.25, 0.3) is 0 Å². The van der Waals surface area contributed by atoms with E-state index in [1.807, 2.05) is 0 Å². The summed E-state index contributed by atoms with van der Waals surface area (Å²) in [5.74, 6) is 9.33. The number of nitrogens with zero attached hydrogens (tertiary/aromatic N) is 4. The first-order chi connectivity index (χ1) is 4.86. The van der Waals surface area contributed by atoms with Crippen molar-refractivity contribution in [3.05, 3.63) is 0 Å². The molecule has 0 bridgehead atoms. The highest BCUT2D eigenvalue weighted by Crippen LogP contribution is 1.96. The highest BCUT2D eigenvalue weighted by molar-refractivity contribution is 4.88. The first-order valence-corrected chi connectivity index (χ1v) is 2.17. The van der Waals surface area contributed by atoms with Crippen molar-refractivity contribution in [2.75, 3.05) is 0 Å². The Morgan fingerprint density at radius 3 is 1.30 bits per heavy atom. The number of aromatic nitrogens is 4. The third-order valence-corrected chi connectivity index (χ3v) is 0.653. The van der Waals surface area contributed by atoms with Crippen LogP contribution in [0.4, 0.5) is 0 Å². The van der Waals surface area contributed by atoms with Crippen LogP contribution in [-0.2, 0) is 0 Å². The fraction of sp³-hybridized carbons (Fsp3) is 0. The largest absolute Gasteiger partial charge is 0.374 e. The molecule has 10 heavy (non-hydrogen) atoms. The van der Waals surface area contributed by atoms with E-state index < -0.39 is 0 Å². The van der Waals surface area contributed by atoms with Crippen molar-refractivity contribution < 1.29 is 9.68 Å². The second-order valence-electron chi connectivity index (χ2n) is 1.20. The van der Waals surface area contributed by atoms with Crippen molar-refractivity contribution >= 4 is 0 Å². The van der Waals surface area contributed by atoms with E-state index in [4.69, 9.17) is 0 Å². The van der Waals surface area contributed by atoms with Gasteiger partial charge in [0.2, 0.25) is 0 Å². The van der Waals surface area contributed by atoms with Gasteiger partial charge in [0, 0.05) is 0 Å². The summed E-state index contributed by atoms with van der Waals surface area (Å²) in [5.41, 5.74) is 0. The molecule has 54 valence electrons. The predicted molar refractivity (Wildman–Crippen MR) is 27.3 cm³/mol. The lowest BCUT2D eigenvalue weighted by atomic mass is 11.1. The predicted octanol–water partition coefficient (Wildman–Crippen LogP) is -2.23. The molecule has 1 aromatic heterocycles. The number of nitrogens with two attached hydrogens (primary N) is 2. The third kappa shape index (κ3) is 1.24. The van der Waals surface area contributed by atoms with Crippen molar-refractivity contribution in [3.8, 4) is 12.0 Å². The molecule has 1 rings (SSSR count). The van der Waals surface area contributed by atoms with Crippen LogP contribution in [0.15, 0.2) is 0 Å². The summed E-state index contributed by atoms with van der Waals surface area (Å²) < 4.78 is 0. The molecule has 0 aliphatic rings.